The van der Waals surface area contributed by atoms with Crippen molar-refractivity contribution in [3.63, 3.8) is 0 Å². The van der Waals surface area contributed by atoms with E-state index in [0.717, 1.165) is 29.9 Å². The van der Waals surface area contributed by atoms with Crippen molar-refractivity contribution in [2.75, 3.05) is 11.4 Å². The van der Waals surface area contributed by atoms with E-state index in [1.807, 2.05) is 12.1 Å². The molecule has 0 aliphatic heterocycles. The molecule has 0 aromatic carbocycles. The summed E-state index contributed by atoms with van der Waals surface area (Å²) in [6, 6.07) is 3.97. The van der Waals surface area contributed by atoms with E-state index in [1.54, 1.807) is 18.6 Å². The average molecular weight is 289 g/mol. The van der Waals surface area contributed by atoms with Crippen molar-refractivity contribution < 1.29 is 0 Å². The highest BCUT2D eigenvalue weighted by atomic mass is 35.5. The first-order valence-corrected chi connectivity index (χ1v) is 6.66. The minimum Gasteiger partial charge on any atom is -0.352 e. The van der Waals surface area contributed by atoms with Crippen LogP contribution in [0, 0.1) is 0 Å². The number of rotatable bonds is 4. The number of H-pyrrole nitrogens is 1. The summed E-state index contributed by atoms with van der Waals surface area (Å²) < 4.78 is 0. The second-order valence-corrected chi connectivity index (χ2v) is 4.66. The molecule has 0 atom stereocenters. The SMILES string of the molecule is CCN(Cc1ccncc1)c1nc(Cl)nc2[nH]ncc12. The maximum atomic E-state index is 5.98. The van der Waals surface area contributed by atoms with Gasteiger partial charge >= 0.3 is 0 Å². The topological polar surface area (TPSA) is 70.6 Å². The number of anilines is 1. The van der Waals surface area contributed by atoms with Crippen molar-refractivity contribution in [3.05, 3.63) is 41.6 Å². The summed E-state index contributed by atoms with van der Waals surface area (Å²) in [4.78, 5) is 14.6. The zero-order valence-electron chi connectivity index (χ0n) is 10.9. The first kappa shape index (κ1) is 12.8. The Kier molecular flexibility index (Phi) is 3.47. The lowest BCUT2D eigenvalue weighted by Gasteiger charge is -2.22. The lowest BCUT2D eigenvalue weighted by molar-refractivity contribution is 0.815. The van der Waals surface area contributed by atoms with Gasteiger partial charge in [-0.2, -0.15) is 15.1 Å². The van der Waals surface area contributed by atoms with E-state index in [2.05, 4.69) is 37.0 Å². The normalized spacial score (nSPS) is 10.9. The fourth-order valence-corrected chi connectivity index (χ4v) is 2.24. The van der Waals surface area contributed by atoms with Crippen LogP contribution in [0.2, 0.25) is 5.28 Å². The second-order valence-electron chi connectivity index (χ2n) is 4.32. The summed E-state index contributed by atoms with van der Waals surface area (Å²) in [5.74, 6) is 0.785. The molecule has 3 heterocycles. The molecule has 0 unspecified atom stereocenters. The van der Waals surface area contributed by atoms with Gasteiger partial charge in [-0.1, -0.05) is 0 Å². The van der Waals surface area contributed by atoms with Crippen LogP contribution in [0.25, 0.3) is 11.0 Å². The van der Waals surface area contributed by atoms with Gasteiger partial charge in [-0.05, 0) is 36.2 Å². The van der Waals surface area contributed by atoms with Gasteiger partial charge in [-0.3, -0.25) is 10.1 Å². The zero-order chi connectivity index (χ0) is 13.9. The summed E-state index contributed by atoms with van der Waals surface area (Å²) in [5.41, 5.74) is 1.81. The van der Waals surface area contributed by atoms with E-state index in [-0.39, 0.29) is 5.28 Å². The van der Waals surface area contributed by atoms with E-state index >= 15 is 0 Å². The van der Waals surface area contributed by atoms with Crippen molar-refractivity contribution >= 4 is 28.5 Å². The highest BCUT2D eigenvalue weighted by Crippen LogP contribution is 2.24. The first-order chi connectivity index (χ1) is 9.78. The van der Waals surface area contributed by atoms with Gasteiger partial charge in [0.25, 0.3) is 0 Å². The van der Waals surface area contributed by atoms with E-state index in [1.165, 1.54) is 0 Å². The summed E-state index contributed by atoms with van der Waals surface area (Å²) >= 11 is 5.98. The van der Waals surface area contributed by atoms with Gasteiger partial charge in [0.15, 0.2) is 5.65 Å². The minimum absolute atomic E-state index is 0.213. The third-order valence-electron chi connectivity index (χ3n) is 3.07. The maximum absolute atomic E-state index is 5.98. The van der Waals surface area contributed by atoms with E-state index in [4.69, 9.17) is 11.6 Å². The standard InChI is InChI=1S/C13H13ClN6/c1-2-20(8-9-3-5-15-6-4-9)12-10-7-16-19-11(10)17-13(14)18-12/h3-7H,2,8H2,1H3,(H,16,17,18,19). The molecule has 3 aromatic heterocycles. The van der Waals surface area contributed by atoms with Crippen molar-refractivity contribution in [3.8, 4) is 0 Å². The summed E-state index contributed by atoms with van der Waals surface area (Å²) in [7, 11) is 0. The van der Waals surface area contributed by atoms with Crippen molar-refractivity contribution in [2.45, 2.75) is 13.5 Å². The lowest BCUT2D eigenvalue weighted by Crippen LogP contribution is -2.23. The molecule has 0 amide bonds. The van der Waals surface area contributed by atoms with Gasteiger partial charge in [0.1, 0.15) is 5.82 Å². The number of nitrogens with zero attached hydrogens (tertiary/aromatic N) is 5. The Bertz CT molecular complexity index is 711. The summed E-state index contributed by atoms with van der Waals surface area (Å²) in [6.45, 7) is 3.60. The minimum atomic E-state index is 0.213. The van der Waals surface area contributed by atoms with Crippen molar-refractivity contribution in [2.24, 2.45) is 0 Å². The van der Waals surface area contributed by atoms with Crippen LogP contribution >= 0.6 is 11.6 Å². The van der Waals surface area contributed by atoms with Gasteiger partial charge in [0.2, 0.25) is 5.28 Å². The van der Waals surface area contributed by atoms with Gasteiger partial charge in [-0.15, -0.1) is 0 Å². The third kappa shape index (κ3) is 2.42. The van der Waals surface area contributed by atoms with Crippen LogP contribution in [0.3, 0.4) is 0 Å². The molecule has 3 aromatic rings. The molecule has 3 rings (SSSR count). The molecule has 0 bridgehead atoms. The number of halogens is 1. The Morgan fingerprint density at radius 1 is 1.25 bits per heavy atom. The van der Waals surface area contributed by atoms with Crippen LogP contribution in [0.5, 0.6) is 0 Å². The van der Waals surface area contributed by atoms with Crippen LogP contribution in [-0.4, -0.2) is 31.7 Å². The largest absolute Gasteiger partial charge is 0.352 e. The molecule has 6 nitrogen and oxygen atoms in total. The van der Waals surface area contributed by atoms with Gasteiger partial charge in [0, 0.05) is 25.5 Å². The molecule has 102 valence electrons. The molecule has 1 N–H and O–H groups in total. The summed E-state index contributed by atoms with van der Waals surface area (Å²) in [5, 5.41) is 7.90. The highest BCUT2D eigenvalue weighted by molar-refractivity contribution is 6.28. The predicted octanol–water partition coefficient (Wildman–Crippen LogP) is 2.43. The Labute approximate surface area is 120 Å². The number of fused-ring (bicyclic) bond motifs is 1. The molecule has 0 saturated heterocycles. The molecule has 0 saturated carbocycles. The molecule has 0 radical (unpaired) electrons. The average Bonchev–Trinajstić information content (AvgIpc) is 2.93. The first-order valence-electron chi connectivity index (χ1n) is 6.28. The fourth-order valence-electron chi connectivity index (χ4n) is 2.08. The lowest BCUT2D eigenvalue weighted by atomic mass is 10.2. The van der Waals surface area contributed by atoms with Gasteiger partial charge < -0.3 is 4.90 Å². The number of hydrogen-bond acceptors (Lipinski definition) is 5. The van der Waals surface area contributed by atoms with Crippen molar-refractivity contribution in [1.29, 1.82) is 0 Å². The van der Waals surface area contributed by atoms with Crippen LogP contribution in [0.4, 0.5) is 5.82 Å². The molecule has 0 aliphatic carbocycles. The monoisotopic (exact) mass is 288 g/mol. The molecule has 20 heavy (non-hydrogen) atoms. The van der Waals surface area contributed by atoms with E-state index in [9.17, 15) is 0 Å². The predicted molar refractivity (Wildman–Crippen MR) is 77.7 cm³/mol. The van der Waals surface area contributed by atoms with Crippen LogP contribution in [0.1, 0.15) is 12.5 Å². The quantitative estimate of drug-likeness (QED) is 0.747. The molecule has 0 aliphatic rings. The highest BCUT2D eigenvalue weighted by Gasteiger charge is 2.14. The van der Waals surface area contributed by atoms with Crippen molar-refractivity contribution in [1.82, 2.24) is 25.1 Å². The van der Waals surface area contributed by atoms with Crippen LogP contribution < -0.4 is 4.90 Å². The molecule has 7 heteroatoms. The number of pyridine rings is 1. The number of hydrogen-bond donors (Lipinski definition) is 1. The fraction of sp³-hybridized carbons (Fsp3) is 0.231. The van der Waals surface area contributed by atoms with E-state index < -0.39 is 0 Å². The Morgan fingerprint density at radius 2 is 2.05 bits per heavy atom. The molecule has 0 fully saturated rings. The number of aromatic nitrogens is 5. The second kappa shape index (κ2) is 5.42. The van der Waals surface area contributed by atoms with Crippen LogP contribution in [-0.2, 0) is 6.54 Å². The molecular weight excluding hydrogens is 276 g/mol. The number of aromatic amines is 1. The van der Waals surface area contributed by atoms with Crippen LogP contribution in [0.15, 0.2) is 30.7 Å². The Balaban J connectivity index is 2.01. The van der Waals surface area contributed by atoms with E-state index in [0.29, 0.717) is 5.65 Å². The Hall–Kier alpha value is -2.21. The smallest absolute Gasteiger partial charge is 0.226 e. The zero-order valence-corrected chi connectivity index (χ0v) is 11.7. The Morgan fingerprint density at radius 3 is 2.80 bits per heavy atom. The molecule has 0 spiro atoms. The maximum Gasteiger partial charge on any atom is 0.226 e. The summed E-state index contributed by atoms with van der Waals surface area (Å²) in [6.07, 6.45) is 5.28. The number of nitrogens with one attached hydrogen (secondary N) is 1. The third-order valence-corrected chi connectivity index (χ3v) is 3.24. The molecular formula is C13H13ClN6. The van der Waals surface area contributed by atoms with Gasteiger partial charge in [-0.25, -0.2) is 0 Å². The van der Waals surface area contributed by atoms with Gasteiger partial charge in [0.05, 0.1) is 11.6 Å².